The van der Waals surface area contributed by atoms with Gasteiger partial charge in [0.15, 0.2) is 0 Å². The Morgan fingerprint density at radius 1 is 1.25 bits per heavy atom. The Hall–Kier alpha value is -1.10. The molecule has 20 heavy (non-hydrogen) atoms. The summed E-state index contributed by atoms with van der Waals surface area (Å²) < 4.78 is 0. The number of carboxylic acid groups (broad SMARTS) is 1. The van der Waals surface area contributed by atoms with Crippen LogP contribution in [0.15, 0.2) is 0 Å². The zero-order valence-electron chi connectivity index (χ0n) is 13.2. The third kappa shape index (κ3) is 5.12. The average molecular weight is 284 g/mol. The van der Waals surface area contributed by atoms with Crippen LogP contribution < -0.4 is 0 Å². The van der Waals surface area contributed by atoms with Crippen LogP contribution >= 0.6 is 0 Å². The second-order valence-electron chi connectivity index (χ2n) is 6.68. The molecular formula is C15H28N2O3. The molecule has 0 radical (unpaired) electrons. The van der Waals surface area contributed by atoms with E-state index >= 15 is 0 Å². The first kappa shape index (κ1) is 17.0. The zero-order chi connectivity index (χ0) is 15.3. The summed E-state index contributed by atoms with van der Waals surface area (Å²) in [4.78, 5) is 27.6. The molecule has 1 aliphatic rings. The normalized spacial score (nSPS) is 21.6. The molecule has 1 amide bonds. The van der Waals surface area contributed by atoms with E-state index in [4.69, 9.17) is 5.11 Å². The van der Waals surface area contributed by atoms with Crippen molar-refractivity contribution in [1.29, 1.82) is 0 Å². The van der Waals surface area contributed by atoms with Gasteiger partial charge in [0, 0.05) is 25.6 Å². The smallest absolute Gasteiger partial charge is 0.303 e. The number of rotatable bonds is 5. The van der Waals surface area contributed by atoms with E-state index in [1.54, 1.807) is 0 Å². The van der Waals surface area contributed by atoms with E-state index in [1.165, 1.54) is 0 Å². The average Bonchev–Trinajstić information content (AvgIpc) is 2.47. The van der Waals surface area contributed by atoms with E-state index in [1.807, 2.05) is 18.7 Å². The van der Waals surface area contributed by atoms with Gasteiger partial charge in [0.05, 0.1) is 6.42 Å². The summed E-state index contributed by atoms with van der Waals surface area (Å²) >= 11 is 0. The maximum atomic E-state index is 12.5. The van der Waals surface area contributed by atoms with Gasteiger partial charge >= 0.3 is 5.97 Å². The molecule has 5 heteroatoms. The van der Waals surface area contributed by atoms with Crippen LogP contribution in [0.2, 0.25) is 0 Å². The Morgan fingerprint density at radius 2 is 1.90 bits per heavy atom. The largest absolute Gasteiger partial charge is 0.481 e. The first-order valence-corrected chi connectivity index (χ1v) is 7.45. The Labute approximate surface area is 121 Å². The minimum absolute atomic E-state index is 0.0310. The van der Waals surface area contributed by atoms with Gasteiger partial charge in [-0.05, 0) is 31.8 Å². The van der Waals surface area contributed by atoms with Crippen LogP contribution in [0, 0.1) is 5.41 Å². The van der Waals surface area contributed by atoms with E-state index < -0.39 is 11.4 Å². The molecule has 1 unspecified atom stereocenters. The second-order valence-corrected chi connectivity index (χ2v) is 6.68. The van der Waals surface area contributed by atoms with Gasteiger partial charge in [0.25, 0.3) is 0 Å². The predicted octanol–water partition coefficient (Wildman–Crippen LogP) is 1.82. The van der Waals surface area contributed by atoms with Crippen molar-refractivity contribution in [1.82, 2.24) is 9.80 Å². The van der Waals surface area contributed by atoms with Crippen molar-refractivity contribution < 1.29 is 14.7 Å². The van der Waals surface area contributed by atoms with E-state index in [-0.39, 0.29) is 18.4 Å². The first-order chi connectivity index (χ1) is 9.25. The van der Waals surface area contributed by atoms with Crippen molar-refractivity contribution in [3.05, 3.63) is 0 Å². The molecule has 1 N–H and O–H groups in total. The number of carbonyl (C=O) groups is 2. The summed E-state index contributed by atoms with van der Waals surface area (Å²) in [6, 6.07) is 0.246. The minimum atomic E-state index is -0.842. The van der Waals surface area contributed by atoms with Crippen LogP contribution in [0.25, 0.3) is 0 Å². The van der Waals surface area contributed by atoms with Gasteiger partial charge in [0.1, 0.15) is 0 Å². The molecule has 0 saturated carbocycles. The van der Waals surface area contributed by atoms with Gasteiger partial charge in [-0.3, -0.25) is 9.59 Å². The monoisotopic (exact) mass is 284 g/mol. The van der Waals surface area contributed by atoms with Gasteiger partial charge in [-0.1, -0.05) is 20.8 Å². The highest BCUT2D eigenvalue weighted by molar-refractivity contribution is 5.78. The summed E-state index contributed by atoms with van der Waals surface area (Å²) in [6.45, 7) is 8.51. The van der Waals surface area contributed by atoms with Crippen LogP contribution in [-0.4, -0.2) is 59.5 Å². The van der Waals surface area contributed by atoms with E-state index in [0.717, 1.165) is 32.5 Å². The van der Waals surface area contributed by atoms with E-state index in [0.29, 0.717) is 6.42 Å². The molecule has 0 bridgehead atoms. The van der Waals surface area contributed by atoms with Crippen molar-refractivity contribution in [2.45, 2.75) is 52.5 Å². The molecule has 0 spiro atoms. The summed E-state index contributed by atoms with van der Waals surface area (Å²) in [5, 5.41) is 8.92. The van der Waals surface area contributed by atoms with Crippen LogP contribution in [-0.2, 0) is 9.59 Å². The Balaban J connectivity index is 2.70. The van der Waals surface area contributed by atoms with Crippen LogP contribution in [0.1, 0.15) is 46.5 Å². The summed E-state index contributed by atoms with van der Waals surface area (Å²) in [5.41, 5.74) is -0.487. The summed E-state index contributed by atoms with van der Waals surface area (Å²) in [5.74, 6) is -0.746. The molecule has 1 rings (SSSR count). The lowest BCUT2D eigenvalue weighted by atomic mass is 9.85. The first-order valence-electron chi connectivity index (χ1n) is 7.45. The van der Waals surface area contributed by atoms with Crippen molar-refractivity contribution in [3.63, 3.8) is 0 Å². The van der Waals surface area contributed by atoms with E-state index in [9.17, 15) is 9.59 Å². The molecule has 1 heterocycles. The van der Waals surface area contributed by atoms with Crippen LogP contribution in [0.4, 0.5) is 0 Å². The molecule has 5 nitrogen and oxygen atoms in total. The number of amides is 1. The SMILES string of the molecule is CCC1CN(C)CCCN1C(=O)CC(C)(C)CC(=O)O. The Bertz CT molecular complexity index is 355. The molecule has 0 aromatic heterocycles. The van der Waals surface area contributed by atoms with Gasteiger partial charge in [0.2, 0.25) is 5.91 Å². The van der Waals surface area contributed by atoms with Crippen LogP contribution in [0.5, 0.6) is 0 Å². The fraction of sp³-hybridized carbons (Fsp3) is 0.867. The number of hydrogen-bond acceptors (Lipinski definition) is 3. The van der Waals surface area contributed by atoms with Gasteiger partial charge < -0.3 is 14.9 Å². The van der Waals surface area contributed by atoms with Gasteiger partial charge in [-0.2, -0.15) is 0 Å². The van der Waals surface area contributed by atoms with Gasteiger partial charge in [-0.15, -0.1) is 0 Å². The molecule has 1 atom stereocenters. The summed E-state index contributed by atoms with van der Waals surface area (Å²) in [6.07, 6.45) is 2.26. The zero-order valence-corrected chi connectivity index (χ0v) is 13.2. The van der Waals surface area contributed by atoms with Crippen LogP contribution in [0.3, 0.4) is 0 Å². The third-order valence-corrected chi connectivity index (χ3v) is 3.95. The molecule has 1 aliphatic heterocycles. The van der Waals surface area contributed by atoms with Gasteiger partial charge in [-0.25, -0.2) is 0 Å². The fourth-order valence-corrected chi connectivity index (χ4v) is 2.90. The van der Waals surface area contributed by atoms with Crippen molar-refractivity contribution >= 4 is 11.9 Å². The second kappa shape index (κ2) is 7.07. The lowest BCUT2D eigenvalue weighted by Gasteiger charge is -2.33. The maximum absolute atomic E-state index is 12.5. The lowest BCUT2D eigenvalue weighted by Crippen LogP contribution is -2.44. The topological polar surface area (TPSA) is 60.9 Å². The van der Waals surface area contributed by atoms with Crippen molar-refractivity contribution in [2.75, 3.05) is 26.7 Å². The summed E-state index contributed by atoms with van der Waals surface area (Å²) in [7, 11) is 2.09. The number of carbonyl (C=O) groups excluding carboxylic acids is 1. The number of nitrogens with zero attached hydrogens (tertiary/aromatic N) is 2. The lowest BCUT2D eigenvalue weighted by molar-refractivity contribution is -0.141. The molecule has 116 valence electrons. The molecule has 0 aliphatic carbocycles. The molecule has 1 fully saturated rings. The third-order valence-electron chi connectivity index (χ3n) is 3.95. The molecule has 0 aromatic rings. The fourth-order valence-electron chi connectivity index (χ4n) is 2.90. The highest BCUT2D eigenvalue weighted by Crippen LogP contribution is 2.27. The Morgan fingerprint density at radius 3 is 2.45 bits per heavy atom. The number of hydrogen-bond donors (Lipinski definition) is 1. The highest BCUT2D eigenvalue weighted by Gasteiger charge is 2.31. The molecular weight excluding hydrogens is 256 g/mol. The molecule has 0 aromatic carbocycles. The number of carboxylic acids is 1. The quantitative estimate of drug-likeness (QED) is 0.836. The highest BCUT2D eigenvalue weighted by atomic mass is 16.4. The number of aliphatic carboxylic acids is 1. The van der Waals surface area contributed by atoms with Crippen molar-refractivity contribution in [2.24, 2.45) is 5.41 Å². The predicted molar refractivity (Wildman–Crippen MR) is 78.6 cm³/mol. The van der Waals surface area contributed by atoms with Crippen molar-refractivity contribution in [3.8, 4) is 0 Å². The minimum Gasteiger partial charge on any atom is -0.481 e. The number of likely N-dealkylation sites (N-methyl/N-ethyl adjacent to an activating group) is 1. The Kier molecular flexibility index (Phi) is 5.99. The maximum Gasteiger partial charge on any atom is 0.303 e. The molecule has 1 saturated heterocycles. The standard InChI is InChI=1S/C15H28N2O3/c1-5-12-11-16(4)7-6-8-17(12)13(18)9-15(2,3)10-14(19)20/h12H,5-11H2,1-4H3,(H,19,20). The van der Waals surface area contributed by atoms with E-state index in [2.05, 4.69) is 18.9 Å².